The molecule has 1 aromatic rings. The number of nitrogens with one attached hydrogen (secondary N) is 2. The fraction of sp³-hybridized carbons (Fsp3) is 0.143. The van der Waals surface area contributed by atoms with Crippen LogP contribution in [0.15, 0.2) is 17.4 Å². The van der Waals surface area contributed by atoms with Crippen LogP contribution in [0.5, 0.6) is 5.88 Å². The predicted octanol–water partition coefficient (Wildman–Crippen LogP) is 0.867. The zero-order valence-corrected chi connectivity index (χ0v) is 7.07. The maximum absolute atomic E-state index is 11.1. The summed E-state index contributed by atoms with van der Waals surface area (Å²) in [5, 5.41) is 9.21. The molecule has 0 spiro atoms. The first-order valence-corrected chi connectivity index (χ1v) is 3.71. The van der Waals surface area contributed by atoms with Crippen molar-refractivity contribution in [3.05, 3.63) is 33.3 Å². The first kappa shape index (κ1) is 8.73. The van der Waals surface area contributed by atoms with Gasteiger partial charge in [0.1, 0.15) is 0 Å². The van der Waals surface area contributed by atoms with Gasteiger partial charge in [-0.25, -0.2) is 0 Å². The fourth-order valence-corrected chi connectivity index (χ4v) is 1.02. The van der Waals surface area contributed by atoms with E-state index in [1.54, 1.807) is 0 Å². The molecule has 0 saturated carbocycles. The van der Waals surface area contributed by atoms with E-state index >= 15 is 0 Å². The van der Waals surface area contributed by atoms with Gasteiger partial charge >= 0.3 is 0 Å². The highest BCUT2D eigenvalue weighted by atomic mass is 32.1. The Labute approximate surface area is 73.6 Å². The van der Waals surface area contributed by atoms with Crippen molar-refractivity contribution in [3.8, 4) is 5.88 Å². The Morgan fingerprint density at radius 2 is 2.25 bits per heavy atom. The van der Waals surface area contributed by atoms with Gasteiger partial charge in [-0.05, 0) is 12.2 Å². The van der Waals surface area contributed by atoms with Gasteiger partial charge in [0.05, 0.1) is 5.56 Å². The topological polar surface area (TPSA) is 68.9 Å². The van der Waals surface area contributed by atoms with Crippen LogP contribution in [-0.2, 0) is 6.42 Å². The number of rotatable bonds is 2. The molecule has 0 amide bonds. The monoisotopic (exact) mass is 184 g/mol. The van der Waals surface area contributed by atoms with E-state index in [2.05, 4.69) is 28.8 Å². The molecule has 5 heteroatoms. The highest BCUT2D eigenvalue weighted by Crippen LogP contribution is 2.07. The Morgan fingerprint density at radius 1 is 1.58 bits per heavy atom. The molecule has 0 aromatic carbocycles. The number of aromatic nitrogens is 2. The van der Waals surface area contributed by atoms with Gasteiger partial charge in [0.15, 0.2) is 10.7 Å². The summed E-state index contributed by atoms with van der Waals surface area (Å²) in [5.41, 5.74) is -0.130. The van der Waals surface area contributed by atoms with Crippen LogP contribution in [0, 0.1) is 4.77 Å². The molecule has 1 heterocycles. The van der Waals surface area contributed by atoms with Gasteiger partial charge in [-0.1, -0.05) is 6.08 Å². The summed E-state index contributed by atoms with van der Waals surface area (Å²) in [4.78, 5) is 15.9. The van der Waals surface area contributed by atoms with Crippen molar-refractivity contribution >= 4 is 12.2 Å². The second kappa shape index (κ2) is 3.36. The van der Waals surface area contributed by atoms with Crippen molar-refractivity contribution in [2.24, 2.45) is 0 Å². The molecule has 12 heavy (non-hydrogen) atoms. The minimum atomic E-state index is -0.379. The molecule has 0 unspecified atom stereocenters. The largest absolute Gasteiger partial charge is 0.494 e. The third kappa shape index (κ3) is 1.62. The minimum Gasteiger partial charge on any atom is -0.494 e. The van der Waals surface area contributed by atoms with E-state index in [0.717, 1.165) is 0 Å². The Hall–Kier alpha value is -1.36. The summed E-state index contributed by atoms with van der Waals surface area (Å²) in [5.74, 6) is -0.191. The molecule has 64 valence electrons. The van der Waals surface area contributed by atoms with Gasteiger partial charge in [-0.2, -0.15) is 0 Å². The molecular weight excluding hydrogens is 176 g/mol. The van der Waals surface area contributed by atoms with Crippen LogP contribution in [0.1, 0.15) is 5.56 Å². The van der Waals surface area contributed by atoms with E-state index in [1.807, 2.05) is 0 Å². The van der Waals surface area contributed by atoms with Crippen molar-refractivity contribution in [1.82, 2.24) is 9.97 Å². The summed E-state index contributed by atoms with van der Waals surface area (Å²) < 4.78 is 0.116. The first-order valence-electron chi connectivity index (χ1n) is 3.30. The van der Waals surface area contributed by atoms with Gasteiger partial charge in [-0.15, -0.1) is 6.58 Å². The normalized spacial score (nSPS) is 9.67. The molecule has 4 nitrogen and oxygen atoms in total. The van der Waals surface area contributed by atoms with Crippen molar-refractivity contribution in [1.29, 1.82) is 0 Å². The Bertz CT molecular complexity index is 405. The first-order chi connectivity index (χ1) is 5.65. The molecule has 0 aliphatic carbocycles. The molecule has 0 aliphatic rings. The number of hydrogen-bond donors (Lipinski definition) is 3. The number of allylic oxidation sites excluding steroid dienone is 1. The van der Waals surface area contributed by atoms with Crippen molar-refractivity contribution in [2.75, 3.05) is 0 Å². The second-order valence-electron chi connectivity index (χ2n) is 2.23. The molecule has 3 N–H and O–H groups in total. The Kier molecular flexibility index (Phi) is 2.44. The van der Waals surface area contributed by atoms with Crippen LogP contribution >= 0.6 is 12.2 Å². The lowest BCUT2D eigenvalue weighted by Crippen LogP contribution is -2.13. The molecular formula is C7H8N2O2S. The quantitative estimate of drug-likeness (QED) is 0.472. The van der Waals surface area contributed by atoms with E-state index in [4.69, 9.17) is 0 Å². The van der Waals surface area contributed by atoms with Crippen molar-refractivity contribution in [3.63, 3.8) is 0 Å². The zero-order valence-electron chi connectivity index (χ0n) is 6.26. The third-order valence-electron chi connectivity index (χ3n) is 1.37. The maximum atomic E-state index is 11.1. The molecule has 0 saturated heterocycles. The molecule has 0 aliphatic heterocycles. The molecule has 0 atom stereocenters. The predicted molar refractivity (Wildman–Crippen MR) is 47.8 cm³/mol. The van der Waals surface area contributed by atoms with Gasteiger partial charge in [-0.3, -0.25) is 9.78 Å². The van der Waals surface area contributed by atoms with E-state index in [1.165, 1.54) is 6.08 Å². The van der Waals surface area contributed by atoms with E-state index in [9.17, 15) is 9.90 Å². The van der Waals surface area contributed by atoms with Crippen LogP contribution in [0.25, 0.3) is 0 Å². The lowest BCUT2D eigenvalue weighted by Gasteiger charge is -1.98. The highest BCUT2D eigenvalue weighted by Gasteiger charge is 2.03. The van der Waals surface area contributed by atoms with E-state index in [0.29, 0.717) is 6.42 Å². The van der Waals surface area contributed by atoms with E-state index in [-0.39, 0.29) is 21.8 Å². The minimum absolute atomic E-state index is 0.116. The second-order valence-corrected chi connectivity index (χ2v) is 2.64. The number of H-pyrrole nitrogens is 2. The number of hydrogen-bond acceptors (Lipinski definition) is 3. The zero-order chi connectivity index (χ0) is 9.14. The van der Waals surface area contributed by atoms with Gasteiger partial charge in [0.25, 0.3) is 5.56 Å². The molecule has 0 fully saturated rings. The Morgan fingerprint density at radius 3 is 2.75 bits per heavy atom. The lowest BCUT2D eigenvalue weighted by molar-refractivity contribution is 0.443. The average Bonchev–Trinajstić information content (AvgIpc) is 1.96. The number of aromatic hydroxyl groups is 1. The summed E-state index contributed by atoms with van der Waals surface area (Å²) >= 11 is 4.63. The fourth-order valence-electron chi connectivity index (χ4n) is 0.834. The third-order valence-corrected chi connectivity index (χ3v) is 1.57. The summed E-state index contributed by atoms with van der Waals surface area (Å²) in [7, 11) is 0. The Balaban J connectivity index is 3.38. The van der Waals surface area contributed by atoms with Gasteiger partial charge in [0.2, 0.25) is 0 Å². The maximum Gasteiger partial charge on any atom is 0.259 e. The van der Waals surface area contributed by atoms with Gasteiger partial charge in [0, 0.05) is 6.42 Å². The van der Waals surface area contributed by atoms with Crippen LogP contribution in [0.4, 0.5) is 0 Å². The SMILES string of the molecule is C=CCc1c(O)[nH]c(=S)[nH]c1=O. The summed E-state index contributed by atoms with van der Waals surface area (Å²) in [6, 6.07) is 0. The van der Waals surface area contributed by atoms with Gasteiger partial charge < -0.3 is 10.1 Å². The standard InChI is InChI=1S/C7H8N2O2S/c1-2-3-4-5(10)8-7(12)9-6(4)11/h2H,1,3H2,(H3,8,9,10,11,12). The van der Waals surface area contributed by atoms with Crippen LogP contribution in [-0.4, -0.2) is 15.1 Å². The van der Waals surface area contributed by atoms with Crippen LogP contribution < -0.4 is 5.56 Å². The van der Waals surface area contributed by atoms with Crippen molar-refractivity contribution < 1.29 is 5.11 Å². The number of aromatic amines is 2. The summed E-state index contributed by atoms with van der Waals surface area (Å²) in [6.45, 7) is 3.46. The lowest BCUT2D eigenvalue weighted by atomic mass is 10.2. The average molecular weight is 184 g/mol. The molecule has 1 rings (SSSR count). The highest BCUT2D eigenvalue weighted by molar-refractivity contribution is 7.71. The molecule has 0 bridgehead atoms. The molecule has 0 radical (unpaired) electrons. The van der Waals surface area contributed by atoms with E-state index < -0.39 is 0 Å². The summed E-state index contributed by atoms with van der Waals surface area (Å²) in [6.07, 6.45) is 1.84. The van der Waals surface area contributed by atoms with Crippen LogP contribution in [0.2, 0.25) is 0 Å². The van der Waals surface area contributed by atoms with Crippen molar-refractivity contribution in [2.45, 2.75) is 6.42 Å². The smallest absolute Gasteiger partial charge is 0.259 e. The van der Waals surface area contributed by atoms with Crippen LogP contribution in [0.3, 0.4) is 0 Å². The molecule has 1 aromatic heterocycles.